The average molecular weight is 1220 g/mol. The van der Waals surface area contributed by atoms with E-state index in [1.54, 1.807) is 0 Å². The number of nitrogens with zero attached hydrogens (tertiary/aromatic N) is 4. The summed E-state index contributed by atoms with van der Waals surface area (Å²) in [5.74, 6) is 14.4. The molecule has 5 heterocycles. The van der Waals surface area contributed by atoms with Crippen molar-refractivity contribution in [1.82, 2.24) is 19.9 Å². The van der Waals surface area contributed by atoms with E-state index in [0.717, 1.165) is 146 Å². The molecule has 88 heavy (non-hydrogen) atoms. The first-order valence-electron chi connectivity index (χ1n) is 28.9. The molecular formula is C78H56Cl4N6. The molecule has 0 fully saturated rings. The molecule has 8 aromatic carbocycles. The van der Waals surface area contributed by atoms with Crippen molar-refractivity contribution >= 4 is 127 Å². The highest BCUT2D eigenvalue weighted by molar-refractivity contribution is 6.31. The summed E-state index contributed by atoms with van der Waals surface area (Å²) in [6, 6.07) is 65.3. The van der Waals surface area contributed by atoms with Gasteiger partial charge in [0, 0.05) is 87.5 Å². The first kappa shape index (κ1) is 57.3. The second kappa shape index (κ2) is 24.2. The molecule has 0 saturated heterocycles. The number of halogens is 4. The minimum atomic E-state index is 0.663. The van der Waals surface area contributed by atoms with Crippen LogP contribution in [0.5, 0.6) is 0 Å². The Kier molecular flexibility index (Phi) is 15.8. The van der Waals surface area contributed by atoms with Gasteiger partial charge in [-0.15, -0.1) is 0 Å². The van der Waals surface area contributed by atoms with Gasteiger partial charge < -0.3 is 19.8 Å². The Morgan fingerprint density at radius 3 is 0.852 bits per heavy atom. The van der Waals surface area contributed by atoms with E-state index in [0.29, 0.717) is 20.1 Å². The molecule has 8 bridgehead atoms. The lowest BCUT2D eigenvalue weighted by atomic mass is 9.92. The number of anilines is 6. The number of hydrogen-bond donors (Lipinski definition) is 2. The summed E-state index contributed by atoms with van der Waals surface area (Å²) in [6.07, 6.45) is 8.39. The van der Waals surface area contributed by atoms with Crippen LogP contribution in [0.3, 0.4) is 0 Å². The third kappa shape index (κ3) is 11.7. The van der Waals surface area contributed by atoms with E-state index in [1.807, 2.05) is 97.1 Å². The Morgan fingerprint density at radius 2 is 0.557 bits per heavy atom. The molecular weight excluding hydrogens is 1160 g/mol. The molecule has 3 aromatic heterocycles. The summed E-state index contributed by atoms with van der Waals surface area (Å²) in [4.78, 5) is 23.2. The number of hydrogen-bond acceptors (Lipinski definition) is 4. The lowest BCUT2D eigenvalue weighted by molar-refractivity contribution is 1.27. The average Bonchev–Trinajstić information content (AvgIpc) is 2.54. The number of aromatic nitrogens is 4. The van der Waals surface area contributed by atoms with Gasteiger partial charge in [-0.2, -0.15) is 0 Å². The summed E-state index contributed by atoms with van der Waals surface area (Å²) >= 11 is 25.5. The van der Waals surface area contributed by atoms with Crippen LogP contribution in [0.15, 0.2) is 194 Å². The van der Waals surface area contributed by atoms with Gasteiger partial charge in [0.05, 0.1) is 44.9 Å². The Bertz CT molecular complexity index is 4480. The molecule has 13 rings (SSSR count). The molecule has 0 atom stereocenters. The molecule has 10 heteroatoms. The van der Waals surface area contributed by atoms with Crippen molar-refractivity contribution in [3.8, 4) is 45.9 Å². The van der Waals surface area contributed by atoms with Gasteiger partial charge in [-0.25, -0.2) is 9.97 Å². The van der Waals surface area contributed by atoms with Crippen molar-refractivity contribution < 1.29 is 0 Å². The maximum absolute atomic E-state index is 6.37. The molecule has 2 N–H and O–H groups in total. The highest BCUT2D eigenvalue weighted by atomic mass is 35.5. The predicted molar refractivity (Wildman–Crippen MR) is 372 cm³/mol. The molecule has 0 saturated carbocycles. The van der Waals surface area contributed by atoms with Crippen LogP contribution in [0, 0.1) is 65.2 Å². The lowest BCUT2D eigenvalue weighted by Crippen LogP contribution is -2.09. The fourth-order valence-corrected chi connectivity index (χ4v) is 12.6. The van der Waals surface area contributed by atoms with Crippen molar-refractivity contribution in [2.75, 3.05) is 9.80 Å². The number of nitrogens with one attached hydrogen (secondary N) is 2. The molecule has 6 nitrogen and oxygen atoms in total. The molecule has 2 aliphatic heterocycles. The van der Waals surface area contributed by atoms with E-state index in [1.165, 1.54) is 11.1 Å². The van der Waals surface area contributed by atoms with E-state index in [2.05, 4.69) is 206 Å². The zero-order chi connectivity index (χ0) is 60.7. The number of benzene rings is 8. The van der Waals surface area contributed by atoms with Crippen molar-refractivity contribution in [3.63, 3.8) is 0 Å². The Hall–Kier alpha value is -9.76. The number of aromatic amines is 2. The maximum atomic E-state index is 6.37. The normalized spacial score (nSPS) is 11.5. The van der Waals surface area contributed by atoms with Gasteiger partial charge in [0.15, 0.2) is 0 Å². The summed E-state index contributed by atoms with van der Waals surface area (Å²) in [5.41, 5.74) is 26.4. The van der Waals surface area contributed by atoms with Crippen molar-refractivity contribution in [1.29, 1.82) is 0 Å². The standard InChI is InChI=1S/C78H56Cl4N6/c1-47-43-49(3)75(50(4)44-47)77-71-39-35-67(83-71)65(33-11-53-7-21-59(22-8-53)87(61-25-13-55(79)14-26-61)62-27-15-56(80)16-28-62)69-37-41-73(85-69)78(76-51(5)45-48(2)46-52(76)6)74-42-38-70(86-74)66(68-36-40-72(77)84-68)34-12-54-9-23-60(24-10-54)88(63-29-17-57(81)18-30-63)64-31-19-58(82)20-32-64/h7-10,13-32,35-46,83,86H,1-6H3. The van der Waals surface area contributed by atoms with Crippen molar-refractivity contribution in [3.05, 3.63) is 293 Å². The quantitative estimate of drug-likeness (QED) is 0.149. The van der Waals surface area contributed by atoms with Gasteiger partial charge in [0.25, 0.3) is 0 Å². The molecule has 0 aliphatic carbocycles. The predicted octanol–water partition coefficient (Wildman–Crippen LogP) is 22.2. The molecule has 0 radical (unpaired) electrons. The minimum Gasteiger partial charge on any atom is -0.354 e. The van der Waals surface area contributed by atoms with E-state index >= 15 is 0 Å². The largest absolute Gasteiger partial charge is 0.354 e. The molecule has 0 unspecified atom stereocenters. The van der Waals surface area contributed by atoms with Gasteiger partial charge in [-0.05, 0) is 269 Å². The Labute approximate surface area is 533 Å². The lowest BCUT2D eigenvalue weighted by Gasteiger charge is -2.25. The molecule has 0 spiro atoms. The summed E-state index contributed by atoms with van der Waals surface area (Å²) < 4.78 is 0. The zero-order valence-electron chi connectivity index (χ0n) is 49.1. The van der Waals surface area contributed by atoms with Gasteiger partial charge in [0.1, 0.15) is 0 Å². The monoisotopic (exact) mass is 1220 g/mol. The number of H-pyrrole nitrogens is 2. The van der Waals surface area contributed by atoms with Crippen LogP contribution in [0.4, 0.5) is 34.1 Å². The minimum absolute atomic E-state index is 0.663. The van der Waals surface area contributed by atoms with Crippen LogP contribution < -0.4 is 9.80 Å². The van der Waals surface area contributed by atoms with Gasteiger partial charge in [-0.3, -0.25) is 0 Å². The van der Waals surface area contributed by atoms with Gasteiger partial charge in [0.2, 0.25) is 0 Å². The number of rotatable bonds is 8. The third-order valence-corrected chi connectivity index (χ3v) is 16.9. The number of aryl methyl sites for hydroxylation is 6. The fourth-order valence-electron chi connectivity index (χ4n) is 12.1. The summed E-state index contributed by atoms with van der Waals surface area (Å²) in [6.45, 7) is 13.0. The fraction of sp³-hybridized carbons (Fsp3) is 0.0769. The second-order valence-electron chi connectivity index (χ2n) is 22.2. The van der Waals surface area contributed by atoms with Crippen LogP contribution in [0.2, 0.25) is 20.1 Å². The Balaban J connectivity index is 1.01. The first-order valence-corrected chi connectivity index (χ1v) is 30.4. The maximum Gasteiger partial charge on any atom is 0.0815 e. The molecule has 0 amide bonds. The van der Waals surface area contributed by atoms with Crippen molar-refractivity contribution in [2.45, 2.75) is 41.5 Å². The number of fused-ring (bicyclic) bond motifs is 8. The van der Waals surface area contributed by atoms with Gasteiger partial charge >= 0.3 is 0 Å². The van der Waals surface area contributed by atoms with Crippen molar-refractivity contribution in [2.24, 2.45) is 0 Å². The highest BCUT2D eigenvalue weighted by Gasteiger charge is 2.22. The highest BCUT2D eigenvalue weighted by Crippen LogP contribution is 2.41. The van der Waals surface area contributed by atoms with Crippen LogP contribution in [0.25, 0.3) is 68.6 Å². The molecule has 11 aromatic rings. The molecule has 426 valence electrons. The van der Waals surface area contributed by atoms with Gasteiger partial charge in [-0.1, -0.05) is 105 Å². The van der Waals surface area contributed by atoms with E-state index in [9.17, 15) is 0 Å². The van der Waals surface area contributed by atoms with Crippen LogP contribution in [-0.2, 0) is 0 Å². The summed E-state index contributed by atoms with van der Waals surface area (Å²) in [5, 5.41) is 2.65. The zero-order valence-corrected chi connectivity index (χ0v) is 52.1. The van der Waals surface area contributed by atoms with Crippen LogP contribution >= 0.6 is 46.4 Å². The van der Waals surface area contributed by atoms with E-state index in [4.69, 9.17) is 56.4 Å². The first-order chi connectivity index (χ1) is 42.7. The second-order valence-corrected chi connectivity index (χ2v) is 24.0. The topological polar surface area (TPSA) is 63.8 Å². The van der Waals surface area contributed by atoms with Crippen LogP contribution in [-0.4, -0.2) is 19.9 Å². The third-order valence-electron chi connectivity index (χ3n) is 15.9. The Morgan fingerprint density at radius 1 is 0.295 bits per heavy atom. The smallest absolute Gasteiger partial charge is 0.0815 e. The summed E-state index contributed by atoms with van der Waals surface area (Å²) in [7, 11) is 0. The van der Waals surface area contributed by atoms with E-state index < -0.39 is 0 Å². The van der Waals surface area contributed by atoms with Crippen LogP contribution in [0.1, 0.15) is 78.4 Å². The van der Waals surface area contributed by atoms with E-state index in [-0.39, 0.29) is 0 Å². The molecule has 2 aliphatic rings. The SMILES string of the molecule is Cc1cc(C)c(-c2c3nc(c(C#Cc4ccc(N(c5ccc(Cl)cc5)c5ccc(Cl)cc5)cc4)c4ccc([nH]4)c(-c4c(C)cc(C)cc4C)c4nc(c(C#Cc5ccc(N(c6ccc(Cl)cc6)c6ccc(Cl)cc6)cc5)c5ccc2[nH]5)C=C4)C=C3)c(C)c1.